The summed E-state index contributed by atoms with van der Waals surface area (Å²) < 4.78 is 2.10. The molecule has 8 heteroatoms. The van der Waals surface area contributed by atoms with E-state index in [-0.39, 0.29) is 12.5 Å². The summed E-state index contributed by atoms with van der Waals surface area (Å²) in [5.41, 5.74) is 9.98. The number of H-pyrrole nitrogens is 1. The number of nitrogens with zero attached hydrogens (tertiary/aromatic N) is 4. The molecule has 154 valence electrons. The molecule has 1 amide bonds. The fourth-order valence-corrected chi connectivity index (χ4v) is 4.43. The summed E-state index contributed by atoms with van der Waals surface area (Å²) in [4.78, 5) is 25.9. The molecule has 30 heavy (non-hydrogen) atoms. The SMILES string of the molecule is Cc1nc(-c2ccc(C3(O)CCN(C(=O)CN)CC3)cc2)c2cnc3[nH]ccc3n12. The molecule has 1 fully saturated rings. The van der Waals surface area contributed by atoms with E-state index in [0.717, 1.165) is 39.3 Å². The molecule has 4 aromatic rings. The third kappa shape index (κ3) is 2.88. The van der Waals surface area contributed by atoms with Crippen LogP contribution in [-0.2, 0) is 10.4 Å². The minimum Gasteiger partial charge on any atom is -0.385 e. The molecule has 1 aliphatic heterocycles. The van der Waals surface area contributed by atoms with Gasteiger partial charge in [0.1, 0.15) is 5.82 Å². The largest absolute Gasteiger partial charge is 0.385 e. The van der Waals surface area contributed by atoms with E-state index in [1.807, 2.05) is 49.6 Å². The number of nitrogens with one attached hydrogen (secondary N) is 1. The monoisotopic (exact) mass is 404 g/mol. The molecule has 8 nitrogen and oxygen atoms in total. The second-order valence-corrected chi connectivity index (χ2v) is 7.89. The van der Waals surface area contributed by atoms with Gasteiger partial charge in [-0.25, -0.2) is 9.97 Å². The molecule has 1 saturated heterocycles. The Kier molecular flexibility index (Phi) is 4.34. The van der Waals surface area contributed by atoms with Gasteiger partial charge in [0.15, 0.2) is 5.65 Å². The number of benzene rings is 1. The summed E-state index contributed by atoms with van der Waals surface area (Å²) in [6, 6.07) is 9.90. The van der Waals surface area contributed by atoms with E-state index in [1.54, 1.807) is 4.90 Å². The number of carbonyl (C=O) groups excluding carboxylic acids is 1. The summed E-state index contributed by atoms with van der Waals surface area (Å²) in [6.45, 7) is 3.01. The van der Waals surface area contributed by atoms with E-state index < -0.39 is 5.60 Å². The second kappa shape index (κ2) is 6.93. The zero-order valence-electron chi connectivity index (χ0n) is 16.8. The maximum absolute atomic E-state index is 11.8. The molecule has 0 spiro atoms. The van der Waals surface area contributed by atoms with E-state index in [9.17, 15) is 9.90 Å². The molecule has 0 atom stereocenters. The molecule has 0 bridgehead atoms. The van der Waals surface area contributed by atoms with Gasteiger partial charge in [0.2, 0.25) is 5.91 Å². The normalized spacial score (nSPS) is 16.4. The first-order valence-electron chi connectivity index (χ1n) is 10.1. The van der Waals surface area contributed by atoms with Crippen molar-refractivity contribution in [2.75, 3.05) is 19.6 Å². The maximum Gasteiger partial charge on any atom is 0.236 e. The predicted molar refractivity (Wildman–Crippen MR) is 114 cm³/mol. The van der Waals surface area contributed by atoms with E-state index in [1.165, 1.54) is 0 Å². The number of fused-ring (bicyclic) bond motifs is 3. The fraction of sp³-hybridized carbons (Fsp3) is 0.318. The van der Waals surface area contributed by atoms with E-state index in [4.69, 9.17) is 10.7 Å². The number of nitrogens with two attached hydrogens (primary N) is 1. The lowest BCUT2D eigenvalue weighted by Gasteiger charge is -2.38. The summed E-state index contributed by atoms with van der Waals surface area (Å²) in [7, 11) is 0. The molecule has 1 aromatic carbocycles. The Morgan fingerprint density at radius 2 is 1.93 bits per heavy atom. The molecule has 0 aliphatic carbocycles. The summed E-state index contributed by atoms with van der Waals surface area (Å²) >= 11 is 0. The van der Waals surface area contributed by atoms with Gasteiger partial charge in [0.05, 0.1) is 35.1 Å². The highest BCUT2D eigenvalue weighted by Crippen LogP contribution is 2.35. The van der Waals surface area contributed by atoms with Gasteiger partial charge >= 0.3 is 0 Å². The van der Waals surface area contributed by atoms with Gasteiger partial charge in [0, 0.05) is 24.8 Å². The second-order valence-electron chi connectivity index (χ2n) is 7.89. The first-order valence-corrected chi connectivity index (χ1v) is 10.1. The van der Waals surface area contributed by atoms with Crippen molar-refractivity contribution in [1.82, 2.24) is 24.3 Å². The Morgan fingerprint density at radius 1 is 1.20 bits per heavy atom. The lowest BCUT2D eigenvalue weighted by Crippen LogP contribution is -2.47. The zero-order chi connectivity index (χ0) is 20.9. The Balaban J connectivity index is 1.45. The van der Waals surface area contributed by atoms with Crippen LogP contribution in [0.5, 0.6) is 0 Å². The molecule has 5 rings (SSSR count). The van der Waals surface area contributed by atoms with Gasteiger partial charge < -0.3 is 20.7 Å². The highest BCUT2D eigenvalue weighted by molar-refractivity contribution is 5.84. The highest BCUT2D eigenvalue weighted by Gasteiger charge is 2.35. The highest BCUT2D eigenvalue weighted by atomic mass is 16.3. The van der Waals surface area contributed by atoms with Crippen molar-refractivity contribution in [3.05, 3.63) is 54.1 Å². The number of aryl methyl sites for hydroxylation is 1. The van der Waals surface area contributed by atoms with Crippen LogP contribution in [0.1, 0.15) is 24.2 Å². The predicted octanol–water partition coefficient (Wildman–Crippen LogP) is 1.95. The molecule has 3 aromatic heterocycles. The average molecular weight is 404 g/mol. The molecule has 0 unspecified atom stereocenters. The van der Waals surface area contributed by atoms with Gasteiger partial charge in [-0.1, -0.05) is 24.3 Å². The Bertz CT molecular complexity index is 1230. The van der Waals surface area contributed by atoms with Crippen molar-refractivity contribution >= 4 is 22.6 Å². The molecule has 4 heterocycles. The number of rotatable bonds is 3. The van der Waals surface area contributed by atoms with E-state index >= 15 is 0 Å². The van der Waals surface area contributed by atoms with Gasteiger partial charge in [-0.15, -0.1) is 0 Å². The first-order chi connectivity index (χ1) is 14.5. The number of likely N-dealkylation sites (tertiary alicyclic amines) is 1. The van der Waals surface area contributed by atoms with Gasteiger partial charge in [0.25, 0.3) is 0 Å². The number of amides is 1. The molecular formula is C22H24N6O2. The number of imidazole rings is 1. The molecule has 0 radical (unpaired) electrons. The Hall–Kier alpha value is -3.23. The molecular weight excluding hydrogens is 380 g/mol. The molecule has 1 aliphatic rings. The van der Waals surface area contributed by atoms with Crippen LogP contribution in [0.2, 0.25) is 0 Å². The van der Waals surface area contributed by atoms with Crippen LogP contribution in [0.15, 0.2) is 42.7 Å². The lowest BCUT2D eigenvalue weighted by atomic mass is 9.84. The summed E-state index contributed by atoms with van der Waals surface area (Å²) in [5.74, 6) is 0.825. The van der Waals surface area contributed by atoms with E-state index in [2.05, 4.69) is 14.4 Å². The van der Waals surface area contributed by atoms with E-state index in [0.29, 0.717) is 25.9 Å². The topological polar surface area (TPSA) is 113 Å². The number of piperidine rings is 1. The third-order valence-corrected chi connectivity index (χ3v) is 6.16. The van der Waals surface area contributed by atoms with Crippen molar-refractivity contribution in [2.45, 2.75) is 25.4 Å². The van der Waals surface area contributed by atoms with Crippen LogP contribution in [0.25, 0.3) is 27.9 Å². The van der Waals surface area contributed by atoms with Crippen molar-refractivity contribution in [2.24, 2.45) is 5.73 Å². The fourth-order valence-electron chi connectivity index (χ4n) is 4.43. The summed E-state index contributed by atoms with van der Waals surface area (Å²) in [5, 5.41) is 11.1. The Labute approximate surface area is 173 Å². The smallest absolute Gasteiger partial charge is 0.236 e. The van der Waals surface area contributed by atoms with Gasteiger partial charge in [-0.05, 0) is 31.4 Å². The minimum atomic E-state index is -0.936. The van der Waals surface area contributed by atoms with Crippen LogP contribution in [-0.4, -0.2) is 54.9 Å². The number of hydrogen-bond donors (Lipinski definition) is 3. The maximum atomic E-state index is 11.8. The van der Waals surface area contributed by atoms with Crippen molar-refractivity contribution < 1.29 is 9.90 Å². The van der Waals surface area contributed by atoms with Crippen LogP contribution in [0.3, 0.4) is 0 Å². The van der Waals surface area contributed by atoms with Gasteiger partial charge in [-0.2, -0.15) is 0 Å². The summed E-state index contributed by atoms with van der Waals surface area (Å²) in [6.07, 6.45) is 4.71. The van der Waals surface area contributed by atoms with Gasteiger partial charge in [-0.3, -0.25) is 9.20 Å². The van der Waals surface area contributed by atoms with Crippen LogP contribution < -0.4 is 5.73 Å². The molecule has 0 saturated carbocycles. The molecule has 4 N–H and O–H groups in total. The number of hydrogen-bond acceptors (Lipinski definition) is 5. The third-order valence-electron chi connectivity index (χ3n) is 6.16. The average Bonchev–Trinajstić information content (AvgIpc) is 3.38. The van der Waals surface area contributed by atoms with Crippen molar-refractivity contribution in [1.29, 1.82) is 0 Å². The van der Waals surface area contributed by atoms with Crippen molar-refractivity contribution in [3.63, 3.8) is 0 Å². The minimum absolute atomic E-state index is 0.00900. The van der Waals surface area contributed by atoms with Crippen LogP contribution >= 0.6 is 0 Å². The number of carbonyl (C=O) groups is 1. The van der Waals surface area contributed by atoms with Crippen molar-refractivity contribution in [3.8, 4) is 11.3 Å². The lowest BCUT2D eigenvalue weighted by molar-refractivity contribution is -0.134. The number of aliphatic hydroxyl groups is 1. The van der Waals surface area contributed by atoms with Crippen LogP contribution in [0, 0.1) is 6.92 Å². The first kappa shape index (κ1) is 18.8. The number of aromatic nitrogens is 4. The Morgan fingerprint density at radius 3 is 2.63 bits per heavy atom. The van der Waals surface area contributed by atoms with Crippen LogP contribution in [0.4, 0.5) is 0 Å². The number of aromatic amines is 1. The quantitative estimate of drug-likeness (QED) is 0.483. The standard InChI is InChI=1S/C22H24N6O2/c1-14-26-20(18-13-25-21-17(28(14)18)6-9-24-21)15-2-4-16(5-3-15)22(30)7-10-27(11-8-22)19(29)12-23/h2-6,9,13,24,30H,7-8,10-12,23H2,1H3. The zero-order valence-corrected chi connectivity index (χ0v) is 16.8.